The molecule has 1 saturated heterocycles. The minimum absolute atomic E-state index is 0.0202. The number of ether oxygens (including phenoxy) is 1. The van der Waals surface area contributed by atoms with Crippen molar-refractivity contribution >= 4 is 11.7 Å². The zero-order valence-electron chi connectivity index (χ0n) is 13.8. The third kappa shape index (κ3) is 3.57. The quantitative estimate of drug-likeness (QED) is 0.597. The van der Waals surface area contributed by atoms with E-state index in [0.717, 1.165) is 30.8 Å². The maximum absolute atomic E-state index is 12.0. The molecule has 0 aliphatic carbocycles. The van der Waals surface area contributed by atoms with Gasteiger partial charge in [0.05, 0.1) is 19.1 Å². The molecular formula is C19H25NO3. The third-order valence-electron chi connectivity index (χ3n) is 4.83. The van der Waals surface area contributed by atoms with Crippen molar-refractivity contribution in [2.45, 2.75) is 57.9 Å². The molecule has 1 aromatic carbocycles. The summed E-state index contributed by atoms with van der Waals surface area (Å²) in [6.45, 7) is 3.67. The molecule has 2 aliphatic rings. The van der Waals surface area contributed by atoms with Gasteiger partial charge >= 0.3 is 0 Å². The molecule has 1 unspecified atom stereocenters. The van der Waals surface area contributed by atoms with E-state index in [4.69, 9.17) is 4.74 Å². The zero-order chi connectivity index (χ0) is 16.2. The van der Waals surface area contributed by atoms with Crippen LogP contribution in [0, 0.1) is 0 Å². The van der Waals surface area contributed by atoms with Crippen LogP contribution in [0.1, 0.15) is 62.6 Å². The molecule has 0 aromatic heterocycles. The predicted octanol–water partition coefficient (Wildman–Crippen LogP) is 3.43. The molecule has 2 heterocycles. The van der Waals surface area contributed by atoms with E-state index >= 15 is 0 Å². The lowest BCUT2D eigenvalue weighted by Gasteiger charge is -2.40. The van der Waals surface area contributed by atoms with Crippen LogP contribution in [0.4, 0.5) is 0 Å². The summed E-state index contributed by atoms with van der Waals surface area (Å²) in [6.07, 6.45) is 6.16. The van der Waals surface area contributed by atoms with Crippen LogP contribution >= 0.6 is 0 Å². The highest BCUT2D eigenvalue weighted by Crippen LogP contribution is 2.37. The van der Waals surface area contributed by atoms with Crippen molar-refractivity contribution in [3.05, 3.63) is 29.3 Å². The molecule has 0 bridgehead atoms. The van der Waals surface area contributed by atoms with Gasteiger partial charge in [-0.05, 0) is 36.1 Å². The lowest BCUT2D eigenvalue weighted by molar-refractivity contribution is -0.143. The lowest BCUT2D eigenvalue weighted by atomic mass is 9.86. The summed E-state index contributed by atoms with van der Waals surface area (Å²) in [4.78, 5) is 25.7. The highest BCUT2D eigenvalue weighted by Gasteiger charge is 2.37. The fourth-order valence-corrected chi connectivity index (χ4v) is 3.57. The number of carbonyl (C=O) groups excluding carboxylic acids is 2. The molecule has 3 rings (SSSR count). The number of hydrogen-bond donors (Lipinski definition) is 0. The van der Waals surface area contributed by atoms with Gasteiger partial charge in [0.1, 0.15) is 11.5 Å². The highest BCUT2D eigenvalue weighted by molar-refractivity contribution is 6.01. The van der Waals surface area contributed by atoms with Gasteiger partial charge in [-0.3, -0.25) is 9.59 Å². The fraction of sp³-hybridized carbons (Fsp3) is 0.579. The maximum Gasteiger partial charge on any atom is 0.230 e. The average Bonchev–Trinajstić information content (AvgIpc) is 2.54. The molecular weight excluding hydrogens is 290 g/mol. The second-order valence-electron chi connectivity index (χ2n) is 6.54. The molecule has 4 nitrogen and oxygen atoms in total. The van der Waals surface area contributed by atoms with E-state index < -0.39 is 0 Å². The first kappa shape index (κ1) is 16.0. The van der Waals surface area contributed by atoms with Gasteiger partial charge in [0.2, 0.25) is 5.91 Å². The molecule has 0 radical (unpaired) electrons. The lowest BCUT2D eigenvalue weighted by Crippen LogP contribution is -2.45. The first-order valence-corrected chi connectivity index (χ1v) is 8.76. The number of hydrogen-bond acceptors (Lipinski definition) is 3. The number of rotatable bonds is 6. The Kier molecular flexibility index (Phi) is 4.99. The molecule has 0 N–H and O–H groups in total. The number of nitrogens with zero attached hydrogens (tertiary/aromatic N) is 1. The van der Waals surface area contributed by atoms with Crippen LogP contribution in [-0.2, 0) is 16.0 Å². The van der Waals surface area contributed by atoms with Gasteiger partial charge in [-0.2, -0.15) is 0 Å². The number of unbranched alkanes of at least 4 members (excludes halogenated alkanes) is 3. The topological polar surface area (TPSA) is 46.6 Å². The summed E-state index contributed by atoms with van der Waals surface area (Å²) in [7, 11) is 0. The van der Waals surface area contributed by atoms with Crippen molar-refractivity contribution in [3.8, 4) is 5.75 Å². The van der Waals surface area contributed by atoms with Crippen LogP contribution < -0.4 is 4.74 Å². The van der Waals surface area contributed by atoms with Crippen molar-refractivity contribution < 1.29 is 14.3 Å². The van der Waals surface area contributed by atoms with E-state index in [2.05, 4.69) is 13.0 Å². The molecule has 4 heteroatoms. The molecule has 2 aliphatic heterocycles. The Morgan fingerprint density at radius 1 is 1.22 bits per heavy atom. The molecule has 1 fully saturated rings. The fourth-order valence-electron chi connectivity index (χ4n) is 3.57. The zero-order valence-corrected chi connectivity index (χ0v) is 13.8. The second-order valence-corrected chi connectivity index (χ2v) is 6.54. The van der Waals surface area contributed by atoms with Crippen LogP contribution in [0.3, 0.4) is 0 Å². The molecule has 23 heavy (non-hydrogen) atoms. The molecule has 0 spiro atoms. The van der Waals surface area contributed by atoms with Crippen molar-refractivity contribution in [2.75, 3.05) is 13.2 Å². The van der Waals surface area contributed by atoms with Crippen LogP contribution in [-0.4, -0.2) is 29.7 Å². The largest absolute Gasteiger partial charge is 0.494 e. The molecule has 0 saturated carbocycles. The summed E-state index contributed by atoms with van der Waals surface area (Å²) in [5.41, 5.74) is 2.34. The Morgan fingerprint density at radius 2 is 2.09 bits per heavy atom. The van der Waals surface area contributed by atoms with E-state index in [1.165, 1.54) is 24.8 Å². The van der Waals surface area contributed by atoms with Gasteiger partial charge in [-0.1, -0.05) is 32.3 Å². The van der Waals surface area contributed by atoms with Crippen LogP contribution in [0.15, 0.2) is 18.2 Å². The van der Waals surface area contributed by atoms with Crippen molar-refractivity contribution in [3.63, 3.8) is 0 Å². The van der Waals surface area contributed by atoms with E-state index in [0.29, 0.717) is 13.0 Å². The Labute approximate surface area is 137 Å². The third-order valence-corrected chi connectivity index (χ3v) is 4.83. The summed E-state index contributed by atoms with van der Waals surface area (Å²) in [5.74, 6) is 0.940. The first-order valence-electron chi connectivity index (χ1n) is 8.76. The number of carbonyl (C=O) groups is 2. The van der Waals surface area contributed by atoms with Crippen molar-refractivity contribution in [1.29, 1.82) is 0 Å². The number of fused-ring (bicyclic) bond motifs is 3. The van der Waals surface area contributed by atoms with Crippen molar-refractivity contribution in [2.24, 2.45) is 0 Å². The van der Waals surface area contributed by atoms with E-state index in [1.807, 2.05) is 17.0 Å². The predicted molar refractivity (Wildman–Crippen MR) is 88.5 cm³/mol. The van der Waals surface area contributed by atoms with E-state index in [9.17, 15) is 9.59 Å². The van der Waals surface area contributed by atoms with E-state index in [1.54, 1.807) is 0 Å². The Bertz CT molecular complexity index is 596. The molecule has 1 amide bonds. The number of Topliss-reactive ketones (excluding diaryl/α,β-unsaturated/α-hetero) is 1. The normalized spacial score (nSPS) is 20.2. The van der Waals surface area contributed by atoms with Gasteiger partial charge in [0, 0.05) is 13.0 Å². The van der Waals surface area contributed by atoms with Crippen molar-refractivity contribution in [1.82, 2.24) is 4.90 Å². The van der Waals surface area contributed by atoms with Gasteiger partial charge < -0.3 is 9.64 Å². The molecule has 124 valence electrons. The SMILES string of the molecule is CCCCCCOc1ccc2c(c1)CCN1C(=O)CC(=O)CC21. The Morgan fingerprint density at radius 3 is 2.91 bits per heavy atom. The van der Waals surface area contributed by atoms with Gasteiger partial charge in [-0.15, -0.1) is 0 Å². The van der Waals surface area contributed by atoms with Gasteiger partial charge in [0.25, 0.3) is 0 Å². The minimum Gasteiger partial charge on any atom is -0.494 e. The average molecular weight is 315 g/mol. The molecule has 1 aromatic rings. The number of piperidine rings is 1. The Hall–Kier alpha value is -1.84. The van der Waals surface area contributed by atoms with Gasteiger partial charge in [-0.25, -0.2) is 0 Å². The summed E-state index contributed by atoms with van der Waals surface area (Å²) in [5, 5.41) is 0. The van der Waals surface area contributed by atoms with Crippen LogP contribution in [0.2, 0.25) is 0 Å². The van der Waals surface area contributed by atoms with E-state index in [-0.39, 0.29) is 24.2 Å². The molecule has 1 atom stereocenters. The smallest absolute Gasteiger partial charge is 0.230 e. The van der Waals surface area contributed by atoms with Gasteiger partial charge in [0.15, 0.2) is 0 Å². The summed E-state index contributed by atoms with van der Waals surface area (Å²) in [6, 6.07) is 6.05. The Balaban J connectivity index is 1.67. The standard InChI is InChI=1S/C19H25NO3/c1-2-3-4-5-10-23-16-6-7-17-14(11-16)8-9-20-18(17)12-15(21)13-19(20)22/h6-7,11,18H,2-5,8-10,12-13H2,1H3. The number of amides is 1. The van der Waals surface area contributed by atoms with Crippen LogP contribution in [0.5, 0.6) is 5.75 Å². The van der Waals surface area contributed by atoms with Crippen LogP contribution in [0.25, 0.3) is 0 Å². The monoisotopic (exact) mass is 315 g/mol. The summed E-state index contributed by atoms with van der Waals surface area (Å²) < 4.78 is 5.85. The number of benzene rings is 1. The minimum atomic E-state index is -0.0638. The number of ketones is 1. The first-order chi connectivity index (χ1) is 11.2. The second kappa shape index (κ2) is 7.16. The highest BCUT2D eigenvalue weighted by atomic mass is 16.5. The maximum atomic E-state index is 12.0. The summed E-state index contributed by atoms with van der Waals surface area (Å²) >= 11 is 0.